The summed E-state index contributed by atoms with van der Waals surface area (Å²) in [6.45, 7) is 0.427. The van der Waals surface area contributed by atoms with E-state index in [1.807, 2.05) is 17.5 Å². The molecule has 0 aliphatic carbocycles. The summed E-state index contributed by atoms with van der Waals surface area (Å²) in [5.41, 5.74) is 0.668. The lowest BCUT2D eigenvalue weighted by molar-refractivity contribution is -0.118. The van der Waals surface area contributed by atoms with Gasteiger partial charge in [0.15, 0.2) is 11.5 Å². The maximum atomic E-state index is 12.6. The third kappa shape index (κ3) is 3.40. The van der Waals surface area contributed by atoms with Crippen molar-refractivity contribution in [3.8, 4) is 11.5 Å². The van der Waals surface area contributed by atoms with E-state index in [-0.39, 0.29) is 18.2 Å². The number of carbonyl (C=O) groups is 1. The number of rotatable bonds is 4. The molecule has 2 aliphatic rings. The van der Waals surface area contributed by atoms with Gasteiger partial charge in [-0.1, -0.05) is 6.07 Å². The monoisotopic (exact) mass is 405 g/mol. The van der Waals surface area contributed by atoms with E-state index < -0.39 is 16.1 Å². The molecule has 27 heavy (non-hydrogen) atoms. The molecule has 1 aromatic carbocycles. The van der Waals surface area contributed by atoms with Gasteiger partial charge in [-0.3, -0.25) is 4.79 Å². The minimum atomic E-state index is -4.02. The number of nitrogens with one attached hydrogen (secondary N) is 1. The van der Waals surface area contributed by atoms with Crippen molar-refractivity contribution >= 4 is 33.2 Å². The van der Waals surface area contributed by atoms with E-state index in [0.29, 0.717) is 23.6 Å². The molecule has 0 fully saturated rings. The molecule has 0 saturated heterocycles. The fourth-order valence-electron chi connectivity index (χ4n) is 2.63. The van der Waals surface area contributed by atoms with Crippen LogP contribution < -0.4 is 14.8 Å². The van der Waals surface area contributed by atoms with Crippen LogP contribution in [-0.4, -0.2) is 38.2 Å². The Balaban J connectivity index is 1.64. The van der Waals surface area contributed by atoms with Crippen LogP contribution in [0.2, 0.25) is 0 Å². The molecule has 0 unspecified atom stereocenters. The zero-order chi connectivity index (χ0) is 19.0. The number of benzene rings is 1. The first kappa shape index (κ1) is 17.6. The van der Waals surface area contributed by atoms with E-state index in [1.54, 1.807) is 18.2 Å². The Morgan fingerprint density at radius 2 is 2.11 bits per heavy atom. The molecule has 2 aliphatic heterocycles. The number of amides is 1. The highest BCUT2D eigenvalue weighted by Gasteiger charge is 2.30. The topological polar surface area (TPSA) is 97.3 Å². The molecule has 1 amide bonds. The SMILES string of the molecule is CN1C(C(=O)NCc2cccs2)=CC(c2ccc3c(c2)OCO3)=NS1(=O)=O. The highest BCUT2D eigenvalue weighted by atomic mass is 32.2. The van der Waals surface area contributed by atoms with Gasteiger partial charge < -0.3 is 14.8 Å². The van der Waals surface area contributed by atoms with Crippen molar-refractivity contribution in [2.45, 2.75) is 6.54 Å². The summed E-state index contributed by atoms with van der Waals surface area (Å²) in [5.74, 6) is 0.583. The Bertz CT molecular complexity index is 1060. The fourth-order valence-corrected chi connectivity index (χ4v) is 4.19. The van der Waals surface area contributed by atoms with Crippen molar-refractivity contribution in [1.29, 1.82) is 0 Å². The number of nitrogens with zero attached hydrogens (tertiary/aromatic N) is 2. The summed E-state index contributed by atoms with van der Waals surface area (Å²) >= 11 is 1.51. The normalized spacial score (nSPS) is 17.3. The Labute approximate surface area is 159 Å². The van der Waals surface area contributed by atoms with E-state index in [9.17, 15) is 13.2 Å². The number of thiophene rings is 1. The number of hydrogen-bond donors (Lipinski definition) is 1. The Kier molecular flexibility index (Phi) is 4.36. The second-order valence-corrected chi connectivity index (χ2v) is 8.44. The van der Waals surface area contributed by atoms with Gasteiger partial charge in [0, 0.05) is 17.5 Å². The molecule has 0 radical (unpaired) electrons. The van der Waals surface area contributed by atoms with Crippen molar-refractivity contribution in [2.24, 2.45) is 4.40 Å². The summed E-state index contributed by atoms with van der Waals surface area (Å²) in [6, 6.07) is 8.76. The first-order chi connectivity index (χ1) is 12.9. The molecule has 8 nitrogen and oxygen atoms in total. The average molecular weight is 405 g/mol. The average Bonchev–Trinajstić information content (AvgIpc) is 3.32. The van der Waals surface area contributed by atoms with Gasteiger partial charge in [-0.15, -0.1) is 15.7 Å². The standard InChI is InChI=1S/C17H15N3O5S2/c1-20-14(17(21)18-9-12-3-2-6-26-12)8-13(19-27(20,22)23)11-4-5-15-16(7-11)25-10-24-15/h2-8H,9-10H2,1H3,(H,18,21). The highest BCUT2D eigenvalue weighted by molar-refractivity contribution is 7.88. The summed E-state index contributed by atoms with van der Waals surface area (Å²) in [4.78, 5) is 13.5. The molecule has 0 spiro atoms. The van der Waals surface area contributed by atoms with Crippen LogP contribution >= 0.6 is 11.3 Å². The van der Waals surface area contributed by atoms with Crippen LogP contribution in [0.5, 0.6) is 11.5 Å². The van der Waals surface area contributed by atoms with Crippen molar-refractivity contribution in [1.82, 2.24) is 9.62 Å². The van der Waals surface area contributed by atoms with Gasteiger partial charge in [0.25, 0.3) is 5.91 Å². The van der Waals surface area contributed by atoms with E-state index >= 15 is 0 Å². The summed E-state index contributed by atoms with van der Waals surface area (Å²) in [5, 5.41) is 4.64. The highest BCUT2D eigenvalue weighted by Crippen LogP contribution is 2.33. The molecular formula is C17H15N3O5S2. The summed E-state index contributed by atoms with van der Waals surface area (Å²) < 4.78 is 40.1. The van der Waals surface area contributed by atoms with Gasteiger partial charge in [0.2, 0.25) is 6.79 Å². The van der Waals surface area contributed by atoms with Crippen LogP contribution in [0.1, 0.15) is 10.4 Å². The van der Waals surface area contributed by atoms with Crippen LogP contribution in [0.4, 0.5) is 0 Å². The second-order valence-electron chi connectivity index (χ2n) is 5.78. The minimum absolute atomic E-state index is 0.00535. The lowest BCUT2D eigenvalue weighted by Crippen LogP contribution is -2.38. The molecule has 4 rings (SSSR count). The quantitative estimate of drug-likeness (QED) is 0.834. The molecule has 2 aromatic rings. The maximum absolute atomic E-state index is 12.6. The van der Waals surface area contributed by atoms with Crippen LogP contribution in [-0.2, 0) is 21.5 Å². The lowest BCUT2D eigenvalue weighted by Gasteiger charge is -2.23. The van der Waals surface area contributed by atoms with Gasteiger partial charge in [-0.2, -0.15) is 8.42 Å². The Morgan fingerprint density at radius 1 is 1.30 bits per heavy atom. The largest absolute Gasteiger partial charge is 0.454 e. The molecule has 1 N–H and O–H groups in total. The minimum Gasteiger partial charge on any atom is -0.454 e. The lowest BCUT2D eigenvalue weighted by atomic mass is 10.1. The van der Waals surface area contributed by atoms with Crippen LogP contribution in [0.25, 0.3) is 0 Å². The second kappa shape index (κ2) is 6.71. The van der Waals surface area contributed by atoms with Gasteiger partial charge in [0.05, 0.1) is 12.3 Å². The van der Waals surface area contributed by atoms with Gasteiger partial charge >= 0.3 is 10.2 Å². The summed E-state index contributed by atoms with van der Waals surface area (Å²) in [7, 11) is -2.72. The molecule has 1 aromatic heterocycles. The predicted molar refractivity (Wildman–Crippen MR) is 100 cm³/mol. The van der Waals surface area contributed by atoms with Crippen LogP contribution in [0.15, 0.2) is 51.9 Å². The molecular weight excluding hydrogens is 390 g/mol. The van der Waals surface area contributed by atoms with Crippen LogP contribution in [0.3, 0.4) is 0 Å². The molecule has 0 bridgehead atoms. The van der Waals surface area contributed by atoms with E-state index in [4.69, 9.17) is 9.47 Å². The number of ether oxygens (including phenoxy) is 2. The fraction of sp³-hybridized carbons (Fsp3) is 0.176. The molecule has 140 valence electrons. The number of allylic oxidation sites excluding steroid dienone is 1. The van der Waals surface area contributed by atoms with Gasteiger partial charge in [-0.25, -0.2) is 4.31 Å². The first-order valence-corrected chi connectivity index (χ1v) is 10.2. The third-order valence-corrected chi connectivity index (χ3v) is 6.27. The first-order valence-electron chi connectivity index (χ1n) is 7.95. The van der Waals surface area contributed by atoms with Crippen molar-refractivity contribution in [3.05, 3.63) is 57.9 Å². The Morgan fingerprint density at radius 3 is 2.89 bits per heavy atom. The zero-order valence-electron chi connectivity index (χ0n) is 14.2. The number of fused-ring (bicyclic) bond motifs is 1. The number of carbonyl (C=O) groups excluding carboxylic acids is 1. The Hall–Kier alpha value is -2.85. The van der Waals surface area contributed by atoms with E-state index in [0.717, 1.165) is 9.18 Å². The van der Waals surface area contributed by atoms with Gasteiger partial charge in [-0.05, 0) is 35.7 Å². The molecule has 3 heterocycles. The van der Waals surface area contributed by atoms with E-state index in [1.165, 1.54) is 24.5 Å². The van der Waals surface area contributed by atoms with Crippen LogP contribution in [0, 0.1) is 0 Å². The van der Waals surface area contributed by atoms with Crippen molar-refractivity contribution in [3.63, 3.8) is 0 Å². The van der Waals surface area contributed by atoms with Crippen molar-refractivity contribution < 1.29 is 22.7 Å². The molecule has 0 saturated carbocycles. The maximum Gasteiger partial charge on any atom is 0.345 e. The molecule has 10 heteroatoms. The van der Waals surface area contributed by atoms with Gasteiger partial charge in [0.1, 0.15) is 5.70 Å². The third-order valence-electron chi connectivity index (χ3n) is 4.08. The zero-order valence-corrected chi connectivity index (χ0v) is 15.8. The predicted octanol–water partition coefficient (Wildman–Crippen LogP) is 1.66. The number of hydrogen-bond acceptors (Lipinski definition) is 6. The smallest absolute Gasteiger partial charge is 0.345 e. The number of likely N-dealkylation sites (N-methyl/N-ethyl adjacent to an activating group) is 1. The summed E-state index contributed by atoms with van der Waals surface area (Å²) in [6.07, 6.45) is 1.45. The van der Waals surface area contributed by atoms with E-state index in [2.05, 4.69) is 9.71 Å². The molecule has 0 atom stereocenters. The van der Waals surface area contributed by atoms with Crippen molar-refractivity contribution in [2.75, 3.05) is 13.8 Å².